The van der Waals surface area contributed by atoms with Gasteiger partial charge in [0.1, 0.15) is 0 Å². The highest BCUT2D eigenvalue weighted by molar-refractivity contribution is 9.10. The molecule has 3 nitrogen and oxygen atoms in total. The Labute approximate surface area is 121 Å². The molecule has 0 bridgehead atoms. The zero-order chi connectivity index (χ0) is 13.9. The number of aryl methyl sites for hydroxylation is 1. The van der Waals surface area contributed by atoms with Gasteiger partial charge in [0, 0.05) is 4.47 Å². The molecule has 0 unspecified atom stereocenters. The third-order valence-corrected chi connectivity index (χ3v) is 4.83. The highest BCUT2D eigenvalue weighted by Crippen LogP contribution is 2.24. The van der Waals surface area contributed by atoms with Crippen LogP contribution in [0, 0.1) is 0 Å². The van der Waals surface area contributed by atoms with Crippen LogP contribution >= 0.6 is 15.9 Å². The van der Waals surface area contributed by atoms with Crippen LogP contribution in [-0.2, 0) is 16.4 Å². The van der Waals surface area contributed by atoms with Crippen molar-refractivity contribution in [1.82, 2.24) is 0 Å². The summed E-state index contributed by atoms with van der Waals surface area (Å²) in [6.45, 7) is 2.03. The van der Waals surface area contributed by atoms with Crippen LogP contribution in [0.2, 0.25) is 0 Å². The summed E-state index contributed by atoms with van der Waals surface area (Å²) in [5.41, 5.74) is 1.64. The molecule has 0 atom stereocenters. The number of rotatable bonds is 4. The molecule has 0 saturated heterocycles. The summed E-state index contributed by atoms with van der Waals surface area (Å²) in [5.74, 6) is 0. The molecule has 0 saturated carbocycles. The predicted molar refractivity (Wildman–Crippen MR) is 80.8 cm³/mol. The average molecular weight is 340 g/mol. The maximum Gasteiger partial charge on any atom is 0.261 e. The molecule has 100 valence electrons. The van der Waals surface area contributed by atoms with Crippen molar-refractivity contribution < 1.29 is 8.42 Å². The van der Waals surface area contributed by atoms with Gasteiger partial charge in [0.2, 0.25) is 0 Å². The molecule has 0 aliphatic heterocycles. The second-order valence-corrected chi connectivity index (χ2v) is 6.62. The van der Waals surface area contributed by atoms with Crippen molar-refractivity contribution in [3.05, 3.63) is 58.6 Å². The van der Waals surface area contributed by atoms with Gasteiger partial charge in [-0.3, -0.25) is 4.72 Å². The molecule has 0 spiro atoms. The molecule has 0 radical (unpaired) electrons. The number of hydrogen-bond acceptors (Lipinski definition) is 2. The van der Waals surface area contributed by atoms with Gasteiger partial charge in [-0.25, -0.2) is 8.42 Å². The number of anilines is 1. The number of halogens is 1. The normalized spacial score (nSPS) is 11.3. The van der Waals surface area contributed by atoms with Gasteiger partial charge in [-0.05, 0) is 52.2 Å². The molecule has 0 fully saturated rings. The van der Waals surface area contributed by atoms with E-state index in [2.05, 4.69) is 20.7 Å². The first-order valence-corrected chi connectivity index (χ1v) is 8.17. The molecular weight excluding hydrogens is 326 g/mol. The van der Waals surface area contributed by atoms with Gasteiger partial charge in [0.25, 0.3) is 10.0 Å². The van der Waals surface area contributed by atoms with E-state index in [-0.39, 0.29) is 4.90 Å². The van der Waals surface area contributed by atoms with Crippen molar-refractivity contribution in [3.8, 4) is 0 Å². The summed E-state index contributed by atoms with van der Waals surface area (Å²) in [6, 6.07) is 14.0. The highest BCUT2D eigenvalue weighted by Gasteiger charge is 2.14. The standard InChI is InChI=1S/C14H14BrNO2S/c1-2-11-7-9-12(10-8-11)19(17,18)16-14-6-4-3-5-13(14)15/h3-10,16H,2H2,1H3. The Morgan fingerprint density at radius 3 is 2.26 bits per heavy atom. The summed E-state index contributed by atoms with van der Waals surface area (Å²) in [6.07, 6.45) is 0.887. The van der Waals surface area contributed by atoms with E-state index in [0.29, 0.717) is 10.2 Å². The lowest BCUT2D eigenvalue weighted by Gasteiger charge is -2.10. The second-order valence-electron chi connectivity index (χ2n) is 4.08. The molecule has 0 heterocycles. The second kappa shape index (κ2) is 5.75. The highest BCUT2D eigenvalue weighted by atomic mass is 79.9. The molecule has 0 aliphatic rings. The molecule has 0 amide bonds. The number of sulfonamides is 1. The molecule has 2 aromatic rings. The first-order chi connectivity index (χ1) is 9.03. The van der Waals surface area contributed by atoms with Crippen molar-refractivity contribution in [2.45, 2.75) is 18.2 Å². The number of benzene rings is 2. The Morgan fingerprint density at radius 1 is 1.05 bits per heavy atom. The zero-order valence-corrected chi connectivity index (χ0v) is 12.8. The van der Waals surface area contributed by atoms with Gasteiger partial charge in [-0.15, -0.1) is 0 Å². The van der Waals surface area contributed by atoms with Gasteiger partial charge in [0.15, 0.2) is 0 Å². The number of nitrogens with one attached hydrogen (secondary N) is 1. The van der Waals surface area contributed by atoms with Crippen LogP contribution in [0.3, 0.4) is 0 Å². The van der Waals surface area contributed by atoms with Crippen LogP contribution in [0.4, 0.5) is 5.69 Å². The zero-order valence-electron chi connectivity index (χ0n) is 10.4. The van der Waals surface area contributed by atoms with Crippen LogP contribution in [0.25, 0.3) is 0 Å². The fourth-order valence-electron chi connectivity index (χ4n) is 1.65. The lowest BCUT2D eigenvalue weighted by Crippen LogP contribution is -2.13. The molecule has 2 rings (SSSR count). The smallest absolute Gasteiger partial charge is 0.261 e. The molecular formula is C14H14BrNO2S. The quantitative estimate of drug-likeness (QED) is 0.920. The van der Waals surface area contributed by atoms with E-state index in [4.69, 9.17) is 0 Å². The maximum absolute atomic E-state index is 12.2. The summed E-state index contributed by atoms with van der Waals surface area (Å²) in [5, 5.41) is 0. The van der Waals surface area contributed by atoms with Crippen LogP contribution in [-0.4, -0.2) is 8.42 Å². The van der Waals surface area contributed by atoms with Crippen molar-refractivity contribution >= 4 is 31.6 Å². The van der Waals surface area contributed by atoms with Crippen LogP contribution < -0.4 is 4.72 Å². The van der Waals surface area contributed by atoms with Crippen molar-refractivity contribution in [2.24, 2.45) is 0 Å². The Bertz CT molecular complexity index is 666. The third kappa shape index (κ3) is 3.36. The lowest BCUT2D eigenvalue weighted by atomic mass is 10.2. The van der Waals surface area contributed by atoms with Gasteiger partial charge < -0.3 is 0 Å². The first kappa shape index (κ1) is 14.1. The minimum atomic E-state index is -3.54. The van der Waals surface area contributed by atoms with Gasteiger partial charge in [-0.2, -0.15) is 0 Å². The third-order valence-electron chi connectivity index (χ3n) is 2.76. The fraction of sp³-hybridized carbons (Fsp3) is 0.143. The van der Waals surface area contributed by atoms with Crippen LogP contribution in [0.1, 0.15) is 12.5 Å². The Hall–Kier alpha value is -1.33. The number of hydrogen-bond donors (Lipinski definition) is 1. The average Bonchev–Trinajstić information content (AvgIpc) is 2.41. The summed E-state index contributed by atoms with van der Waals surface area (Å²) in [7, 11) is -3.54. The molecule has 0 aliphatic carbocycles. The SMILES string of the molecule is CCc1ccc(S(=O)(=O)Nc2ccccc2Br)cc1. The molecule has 2 aromatic carbocycles. The van der Waals surface area contributed by atoms with E-state index >= 15 is 0 Å². The summed E-state index contributed by atoms with van der Waals surface area (Å²) >= 11 is 3.32. The Kier molecular flexibility index (Phi) is 4.27. The van der Waals surface area contributed by atoms with E-state index < -0.39 is 10.0 Å². The monoisotopic (exact) mass is 339 g/mol. The molecule has 5 heteroatoms. The van der Waals surface area contributed by atoms with Crippen LogP contribution in [0.5, 0.6) is 0 Å². The van der Waals surface area contributed by atoms with E-state index in [1.54, 1.807) is 30.3 Å². The predicted octanol–water partition coefficient (Wildman–Crippen LogP) is 3.81. The van der Waals surface area contributed by atoms with Crippen molar-refractivity contribution in [1.29, 1.82) is 0 Å². The minimum absolute atomic E-state index is 0.264. The summed E-state index contributed by atoms with van der Waals surface area (Å²) in [4.78, 5) is 0.264. The lowest BCUT2D eigenvalue weighted by molar-refractivity contribution is 0.601. The van der Waals surface area contributed by atoms with E-state index in [0.717, 1.165) is 12.0 Å². The Morgan fingerprint density at radius 2 is 1.68 bits per heavy atom. The minimum Gasteiger partial charge on any atom is -0.278 e. The van der Waals surface area contributed by atoms with Crippen LogP contribution in [0.15, 0.2) is 57.9 Å². The van der Waals surface area contributed by atoms with E-state index in [1.165, 1.54) is 0 Å². The van der Waals surface area contributed by atoms with Gasteiger partial charge in [-0.1, -0.05) is 31.2 Å². The van der Waals surface area contributed by atoms with E-state index in [1.807, 2.05) is 25.1 Å². The fourth-order valence-corrected chi connectivity index (χ4v) is 3.25. The summed E-state index contributed by atoms with van der Waals surface area (Å²) < 4.78 is 27.7. The van der Waals surface area contributed by atoms with Gasteiger partial charge in [0.05, 0.1) is 10.6 Å². The Balaban J connectivity index is 2.30. The van der Waals surface area contributed by atoms with Gasteiger partial charge >= 0.3 is 0 Å². The molecule has 0 aromatic heterocycles. The largest absolute Gasteiger partial charge is 0.278 e. The first-order valence-electron chi connectivity index (χ1n) is 5.89. The number of para-hydroxylation sites is 1. The molecule has 19 heavy (non-hydrogen) atoms. The topological polar surface area (TPSA) is 46.2 Å². The van der Waals surface area contributed by atoms with Crippen molar-refractivity contribution in [3.63, 3.8) is 0 Å². The van der Waals surface area contributed by atoms with Crippen molar-refractivity contribution in [2.75, 3.05) is 4.72 Å². The van der Waals surface area contributed by atoms with E-state index in [9.17, 15) is 8.42 Å². The molecule has 1 N–H and O–H groups in total. The maximum atomic E-state index is 12.2.